The molecular formula is C21H25N3O5S. The zero-order valence-electron chi connectivity index (χ0n) is 16.7. The number of carbonyl (C=O) groups excluding carboxylic acids is 2. The molecule has 2 aromatic rings. The van der Waals surface area contributed by atoms with Crippen molar-refractivity contribution in [3.63, 3.8) is 0 Å². The molecule has 1 unspecified atom stereocenters. The van der Waals surface area contributed by atoms with Crippen LogP contribution in [-0.2, 0) is 26.2 Å². The molecule has 9 heteroatoms. The lowest BCUT2D eigenvalue weighted by molar-refractivity contribution is -0.133. The van der Waals surface area contributed by atoms with Crippen molar-refractivity contribution < 1.29 is 22.7 Å². The van der Waals surface area contributed by atoms with Crippen molar-refractivity contribution in [2.24, 2.45) is 0 Å². The zero-order valence-corrected chi connectivity index (χ0v) is 17.5. The molecule has 8 nitrogen and oxygen atoms in total. The Morgan fingerprint density at radius 1 is 1.00 bits per heavy atom. The maximum Gasteiger partial charge on any atom is 0.269 e. The Labute approximate surface area is 176 Å². The first kappa shape index (κ1) is 21.9. The molecule has 2 N–H and O–H groups in total. The Morgan fingerprint density at radius 3 is 2.27 bits per heavy atom. The van der Waals surface area contributed by atoms with Gasteiger partial charge in [-0.2, -0.15) is 4.31 Å². The normalized spacial score (nSPS) is 15.5. The second kappa shape index (κ2) is 9.84. The van der Waals surface area contributed by atoms with Gasteiger partial charge in [0, 0.05) is 18.7 Å². The summed E-state index contributed by atoms with van der Waals surface area (Å²) in [6.07, 6.45) is 0.943. The van der Waals surface area contributed by atoms with Gasteiger partial charge in [-0.15, -0.1) is 0 Å². The summed E-state index contributed by atoms with van der Waals surface area (Å²) in [4.78, 5) is 24.5. The summed E-state index contributed by atoms with van der Waals surface area (Å²) in [6.45, 7) is 2.89. The number of hydrazine groups is 1. The van der Waals surface area contributed by atoms with E-state index in [0.29, 0.717) is 13.1 Å². The maximum absolute atomic E-state index is 12.5. The van der Waals surface area contributed by atoms with Crippen molar-refractivity contribution in [3.05, 3.63) is 65.7 Å². The summed E-state index contributed by atoms with van der Waals surface area (Å²) in [5, 5.41) is 0. The van der Waals surface area contributed by atoms with Gasteiger partial charge in [0.1, 0.15) is 6.10 Å². The fraction of sp³-hybridized carbons (Fsp3) is 0.333. The van der Waals surface area contributed by atoms with Crippen LogP contribution in [0.5, 0.6) is 0 Å². The average molecular weight is 432 g/mol. The van der Waals surface area contributed by atoms with E-state index >= 15 is 0 Å². The number of benzene rings is 2. The van der Waals surface area contributed by atoms with E-state index < -0.39 is 27.9 Å². The molecule has 0 bridgehead atoms. The Hall–Kier alpha value is -2.75. The van der Waals surface area contributed by atoms with E-state index in [-0.39, 0.29) is 17.1 Å². The summed E-state index contributed by atoms with van der Waals surface area (Å²) < 4.78 is 32.0. The second-order valence-corrected chi connectivity index (χ2v) is 8.96. The molecule has 160 valence electrons. The highest BCUT2D eigenvalue weighted by Gasteiger charge is 2.27. The van der Waals surface area contributed by atoms with Crippen LogP contribution in [-0.4, -0.2) is 43.7 Å². The van der Waals surface area contributed by atoms with Crippen molar-refractivity contribution in [2.45, 2.75) is 37.4 Å². The van der Waals surface area contributed by atoms with Crippen molar-refractivity contribution in [2.75, 3.05) is 13.1 Å². The lowest BCUT2D eigenvalue weighted by Gasteiger charge is -2.16. The van der Waals surface area contributed by atoms with E-state index in [1.54, 1.807) is 6.92 Å². The van der Waals surface area contributed by atoms with Crippen LogP contribution in [0, 0.1) is 0 Å². The van der Waals surface area contributed by atoms with E-state index in [1.165, 1.54) is 28.6 Å². The highest BCUT2D eigenvalue weighted by Crippen LogP contribution is 2.21. The highest BCUT2D eigenvalue weighted by atomic mass is 32.2. The third-order valence-electron chi connectivity index (χ3n) is 4.83. The maximum atomic E-state index is 12.5. The average Bonchev–Trinajstić information content (AvgIpc) is 3.32. The summed E-state index contributed by atoms with van der Waals surface area (Å²) in [5.41, 5.74) is 5.79. The zero-order chi connectivity index (χ0) is 21.6. The van der Waals surface area contributed by atoms with Crippen LogP contribution in [0.4, 0.5) is 0 Å². The van der Waals surface area contributed by atoms with Crippen molar-refractivity contribution in [1.82, 2.24) is 15.2 Å². The number of amides is 2. The molecule has 3 rings (SSSR count). The Kier molecular flexibility index (Phi) is 7.20. The van der Waals surface area contributed by atoms with Gasteiger partial charge in [-0.25, -0.2) is 8.42 Å². The number of nitrogens with one attached hydrogen (secondary N) is 2. The monoisotopic (exact) mass is 431 g/mol. The first-order chi connectivity index (χ1) is 14.4. The summed E-state index contributed by atoms with van der Waals surface area (Å²) in [5.74, 6) is -1.05. The van der Waals surface area contributed by atoms with Crippen LogP contribution in [0.2, 0.25) is 0 Å². The van der Waals surface area contributed by atoms with Crippen LogP contribution in [0.1, 0.15) is 35.7 Å². The third kappa shape index (κ3) is 5.44. The second-order valence-electron chi connectivity index (χ2n) is 7.02. The molecule has 1 aliphatic rings. The third-order valence-corrected chi connectivity index (χ3v) is 6.74. The van der Waals surface area contributed by atoms with Crippen LogP contribution in [0.15, 0.2) is 59.5 Å². The number of hydrogen-bond acceptors (Lipinski definition) is 5. The SMILES string of the molecule is CC(OCc1ccccc1)C(=O)NNC(=O)c1ccc(S(=O)(=O)N2CCCC2)cc1. The van der Waals surface area contributed by atoms with Gasteiger partial charge in [0.25, 0.3) is 11.8 Å². The lowest BCUT2D eigenvalue weighted by Crippen LogP contribution is -2.46. The standard InChI is InChI=1S/C21H25N3O5S/c1-16(29-15-17-7-3-2-4-8-17)20(25)22-23-21(26)18-9-11-19(12-10-18)30(27,28)24-13-5-6-14-24/h2-4,7-12,16H,5-6,13-15H2,1H3,(H,22,25)(H,23,26). The van der Waals surface area contributed by atoms with E-state index in [1.807, 2.05) is 30.3 Å². The van der Waals surface area contributed by atoms with Gasteiger partial charge in [-0.05, 0) is 49.6 Å². The molecule has 30 heavy (non-hydrogen) atoms. The number of ether oxygens (including phenoxy) is 1. The van der Waals surface area contributed by atoms with Gasteiger partial charge < -0.3 is 4.74 Å². The predicted octanol–water partition coefficient (Wildman–Crippen LogP) is 1.84. The molecule has 1 aliphatic heterocycles. The molecule has 1 fully saturated rings. The van der Waals surface area contributed by atoms with Crippen LogP contribution >= 0.6 is 0 Å². The minimum Gasteiger partial charge on any atom is -0.364 e. The molecule has 0 aromatic heterocycles. The number of sulfonamides is 1. The van der Waals surface area contributed by atoms with E-state index in [2.05, 4.69) is 10.9 Å². The molecule has 0 spiro atoms. The topological polar surface area (TPSA) is 105 Å². The van der Waals surface area contributed by atoms with Crippen LogP contribution in [0.3, 0.4) is 0 Å². The Balaban J connectivity index is 1.50. The van der Waals surface area contributed by atoms with E-state index in [9.17, 15) is 18.0 Å². The van der Waals surface area contributed by atoms with Gasteiger partial charge >= 0.3 is 0 Å². The Bertz CT molecular complexity index is 971. The first-order valence-electron chi connectivity index (χ1n) is 9.74. The van der Waals surface area contributed by atoms with E-state index in [4.69, 9.17) is 4.74 Å². The van der Waals surface area contributed by atoms with Gasteiger partial charge in [-0.1, -0.05) is 30.3 Å². The predicted molar refractivity (Wildman–Crippen MR) is 111 cm³/mol. The van der Waals surface area contributed by atoms with Gasteiger partial charge in [0.05, 0.1) is 11.5 Å². The molecule has 2 aromatic carbocycles. The Morgan fingerprint density at radius 2 is 1.63 bits per heavy atom. The van der Waals surface area contributed by atoms with Gasteiger partial charge in [0.2, 0.25) is 10.0 Å². The van der Waals surface area contributed by atoms with Crippen molar-refractivity contribution in [3.8, 4) is 0 Å². The lowest BCUT2D eigenvalue weighted by atomic mass is 10.2. The first-order valence-corrected chi connectivity index (χ1v) is 11.2. The van der Waals surface area contributed by atoms with E-state index in [0.717, 1.165) is 18.4 Å². The molecule has 0 radical (unpaired) electrons. The van der Waals surface area contributed by atoms with Crippen LogP contribution in [0.25, 0.3) is 0 Å². The number of rotatable bonds is 7. The highest BCUT2D eigenvalue weighted by molar-refractivity contribution is 7.89. The van der Waals surface area contributed by atoms with Gasteiger partial charge in [-0.3, -0.25) is 20.4 Å². The van der Waals surface area contributed by atoms with Crippen LogP contribution < -0.4 is 10.9 Å². The number of hydrogen-bond donors (Lipinski definition) is 2. The summed E-state index contributed by atoms with van der Waals surface area (Å²) in [7, 11) is -3.53. The minimum absolute atomic E-state index is 0.146. The number of nitrogens with zero attached hydrogens (tertiary/aromatic N) is 1. The van der Waals surface area contributed by atoms with Crippen molar-refractivity contribution in [1.29, 1.82) is 0 Å². The van der Waals surface area contributed by atoms with Gasteiger partial charge in [0.15, 0.2) is 0 Å². The molecule has 0 saturated carbocycles. The number of carbonyl (C=O) groups is 2. The largest absolute Gasteiger partial charge is 0.364 e. The smallest absolute Gasteiger partial charge is 0.269 e. The van der Waals surface area contributed by atoms with Crippen molar-refractivity contribution >= 4 is 21.8 Å². The summed E-state index contributed by atoms with van der Waals surface area (Å²) >= 11 is 0. The molecule has 1 atom stereocenters. The minimum atomic E-state index is -3.53. The molecule has 1 saturated heterocycles. The quantitative estimate of drug-likeness (QED) is 0.651. The summed E-state index contributed by atoms with van der Waals surface area (Å²) in [6, 6.07) is 15.1. The molecule has 2 amide bonds. The molecular weight excluding hydrogens is 406 g/mol. The fourth-order valence-electron chi connectivity index (χ4n) is 3.02. The molecule has 1 heterocycles. The fourth-order valence-corrected chi connectivity index (χ4v) is 4.54. The molecule has 0 aliphatic carbocycles.